The fraction of sp³-hybridized carbons (Fsp3) is 0.182. The SMILES string of the molecule is Cc1cc(O)c2nccc(C)c2c1.Cc1cc(O)c2nccc(C)c2c1.[BeH2]. The molecule has 4 aromatic rings. The van der Waals surface area contributed by atoms with Gasteiger partial charge in [-0.25, -0.2) is 0 Å². The van der Waals surface area contributed by atoms with E-state index in [1.807, 2.05) is 52.0 Å². The molecule has 0 bridgehead atoms. The Labute approximate surface area is 162 Å². The van der Waals surface area contributed by atoms with E-state index < -0.39 is 0 Å². The second-order valence-electron chi connectivity index (χ2n) is 6.62. The molecule has 2 aromatic heterocycles. The molecule has 0 fully saturated rings. The van der Waals surface area contributed by atoms with Crippen molar-refractivity contribution in [3.05, 3.63) is 71.0 Å². The standard InChI is InChI=1S/2C11H11NO.Be.2H/c2*1-7-5-9-8(2)3-4-12-11(9)10(13)6-7;;;/h2*3-6,13H,1-2H3;;;. The van der Waals surface area contributed by atoms with Gasteiger partial charge in [-0.05, 0) is 86.3 Å². The van der Waals surface area contributed by atoms with Crippen LogP contribution in [0.3, 0.4) is 0 Å². The number of pyridine rings is 2. The zero-order valence-electron chi connectivity index (χ0n) is 15.4. The molecule has 5 heteroatoms. The molecule has 4 rings (SSSR count). The van der Waals surface area contributed by atoms with Gasteiger partial charge >= 0.3 is 10.1 Å². The Kier molecular flexibility index (Phi) is 6.14. The number of fused-ring (bicyclic) bond motifs is 2. The summed E-state index contributed by atoms with van der Waals surface area (Å²) in [7, 11) is 0. The molecule has 2 N–H and O–H groups in total. The van der Waals surface area contributed by atoms with E-state index in [1.165, 1.54) is 0 Å². The van der Waals surface area contributed by atoms with Crippen molar-refractivity contribution in [2.24, 2.45) is 0 Å². The zero-order valence-corrected chi connectivity index (χ0v) is 15.4. The van der Waals surface area contributed by atoms with Crippen molar-refractivity contribution in [2.45, 2.75) is 27.7 Å². The summed E-state index contributed by atoms with van der Waals surface area (Å²) in [5.74, 6) is 0.525. The third kappa shape index (κ3) is 4.24. The summed E-state index contributed by atoms with van der Waals surface area (Å²) in [6.45, 7) is 7.96. The van der Waals surface area contributed by atoms with Gasteiger partial charge in [-0.1, -0.05) is 0 Å². The minimum absolute atomic E-state index is 0. The average Bonchev–Trinajstić information content (AvgIpc) is 2.57. The van der Waals surface area contributed by atoms with E-state index in [4.69, 9.17) is 0 Å². The van der Waals surface area contributed by atoms with E-state index in [-0.39, 0.29) is 21.6 Å². The fourth-order valence-electron chi connectivity index (χ4n) is 3.02. The van der Waals surface area contributed by atoms with Crippen LogP contribution in [0.4, 0.5) is 0 Å². The van der Waals surface area contributed by atoms with Crippen molar-refractivity contribution in [3.8, 4) is 11.5 Å². The maximum atomic E-state index is 9.61. The van der Waals surface area contributed by atoms with Gasteiger partial charge < -0.3 is 10.2 Å². The second-order valence-corrected chi connectivity index (χ2v) is 6.62. The van der Waals surface area contributed by atoms with Gasteiger partial charge in [0.1, 0.15) is 22.5 Å². The summed E-state index contributed by atoms with van der Waals surface area (Å²) >= 11 is 0. The van der Waals surface area contributed by atoms with Crippen LogP contribution in [0.25, 0.3) is 21.8 Å². The molecule has 0 aliphatic heterocycles. The first-order valence-corrected chi connectivity index (χ1v) is 8.46. The molecular weight excluding hydrogens is 333 g/mol. The van der Waals surface area contributed by atoms with Gasteiger partial charge in [0.25, 0.3) is 0 Å². The van der Waals surface area contributed by atoms with Crippen LogP contribution in [0.5, 0.6) is 11.5 Å². The molecule has 0 amide bonds. The first-order chi connectivity index (χ1) is 12.4. The van der Waals surface area contributed by atoms with Crippen LogP contribution in [-0.4, -0.2) is 30.3 Å². The number of phenols is 2. The molecule has 0 radical (unpaired) electrons. The van der Waals surface area contributed by atoms with Crippen molar-refractivity contribution >= 4 is 31.9 Å². The molecule has 0 aliphatic rings. The topological polar surface area (TPSA) is 66.2 Å². The Morgan fingerprint density at radius 1 is 0.630 bits per heavy atom. The number of rotatable bonds is 0. The van der Waals surface area contributed by atoms with Gasteiger partial charge in [0.05, 0.1) is 0 Å². The molecule has 0 spiro atoms. The molecule has 4 nitrogen and oxygen atoms in total. The third-order valence-electron chi connectivity index (χ3n) is 4.37. The van der Waals surface area contributed by atoms with Gasteiger partial charge in [0, 0.05) is 23.2 Å². The Morgan fingerprint density at radius 2 is 1.00 bits per heavy atom. The predicted molar refractivity (Wildman–Crippen MR) is 114 cm³/mol. The van der Waals surface area contributed by atoms with Crippen LogP contribution in [0.1, 0.15) is 22.3 Å². The van der Waals surface area contributed by atoms with Gasteiger partial charge in [-0.2, -0.15) is 0 Å². The van der Waals surface area contributed by atoms with Crippen LogP contribution in [0, 0.1) is 27.7 Å². The number of phenolic OH excluding ortho intramolecular Hbond substituents is 2. The first kappa shape index (κ1) is 20.3. The molecule has 2 aromatic carbocycles. The van der Waals surface area contributed by atoms with Crippen molar-refractivity contribution in [2.75, 3.05) is 0 Å². The molecule has 2 heterocycles. The number of aromatic hydroxyl groups is 2. The van der Waals surface area contributed by atoms with Crippen LogP contribution < -0.4 is 0 Å². The van der Waals surface area contributed by atoms with Crippen molar-refractivity contribution < 1.29 is 10.2 Å². The van der Waals surface area contributed by atoms with Crippen LogP contribution in [-0.2, 0) is 0 Å². The van der Waals surface area contributed by atoms with Gasteiger partial charge in [0.2, 0.25) is 0 Å². The quantitative estimate of drug-likeness (QED) is 0.463. The van der Waals surface area contributed by atoms with E-state index in [0.717, 1.165) is 33.0 Å². The van der Waals surface area contributed by atoms with Crippen molar-refractivity contribution in [3.63, 3.8) is 0 Å². The molecular formula is C22H24BeN2O2. The van der Waals surface area contributed by atoms with E-state index in [0.29, 0.717) is 11.0 Å². The van der Waals surface area contributed by atoms with Gasteiger partial charge in [-0.15, -0.1) is 0 Å². The number of benzene rings is 2. The number of aromatic nitrogens is 2. The molecule has 0 atom stereocenters. The van der Waals surface area contributed by atoms with E-state index >= 15 is 0 Å². The first-order valence-electron chi connectivity index (χ1n) is 8.46. The van der Waals surface area contributed by atoms with Crippen LogP contribution in [0.15, 0.2) is 48.8 Å². The summed E-state index contributed by atoms with van der Waals surface area (Å²) in [4.78, 5) is 8.27. The predicted octanol–water partition coefficient (Wildman–Crippen LogP) is 4.20. The van der Waals surface area contributed by atoms with Gasteiger partial charge in [-0.3, -0.25) is 9.97 Å². The minimum atomic E-state index is 0. The Balaban J connectivity index is 0.000000187. The summed E-state index contributed by atoms with van der Waals surface area (Å²) in [5, 5.41) is 21.3. The summed E-state index contributed by atoms with van der Waals surface area (Å²) in [6, 6.07) is 11.4. The van der Waals surface area contributed by atoms with E-state index in [2.05, 4.69) is 9.97 Å². The molecule has 136 valence electrons. The molecule has 0 saturated carbocycles. The zero-order chi connectivity index (χ0) is 18.8. The Hall–Kier alpha value is -2.97. The van der Waals surface area contributed by atoms with Crippen molar-refractivity contribution in [1.29, 1.82) is 0 Å². The van der Waals surface area contributed by atoms with E-state index in [9.17, 15) is 10.2 Å². The van der Waals surface area contributed by atoms with E-state index in [1.54, 1.807) is 24.5 Å². The van der Waals surface area contributed by atoms with Crippen LogP contribution in [0.2, 0.25) is 0 Å². The summed E-state index contributed by atoms with van der Waals surface area (Å²) in [6.07, 6.45) is 3.43. The monoisotopic (exact) mass is 357 g/mol. The molecule has 0 aliphatic carbocycles. The normalized spacial score (nSPS) is 10.2. The Morgan fingerprint density at radius 3 is 1.37 bits per heavy atom. The van der Waals surface area contributed by atoms with Gasteiger partial charge in [0.15, 0.2) is 0 Å². The number of aryl methyl sites for hydroxylation is 4. The number of hydrogen-bond acceptors (Lipinski definition) is 4. The number of nitrogens with zero attached hydrogens (tertiary/aromatic N) is 2. The Bertz CT molecular complexity index is 1020. The van der Waals surface area contributed by atoms with Crippen molar-refractivity contribution in [1.82, 2.24) is 9.97 Å². The number of hydrogen-bond donors (Lipinski definition) is 2. The average molecular weight is 357 g/mol. The summed E-state index contributed by atoms with van der Waals surface area (Å²) in [5.41, 5.74) is 5.77. The molecule has 0 unspecified atom stereocenters. The second kappa shape index (κ2) is 8.15. The fourth-order valence-corrected chi connectivity index (χ4v) is 3.02. The van der Waals surface area contributed by atoms with Crippen LogP contribution >= 0.6 is 0 Å². The summed E-state index contributed by atoms with van der Waals surface area (Å²) < 4.78 is 0. The molecule has 27 heavy (non-hydrogen) atoms. The third-order valence-corrected chi connectivity index (χ3v) is 4.37. The molecule has 0 saturated heterocycles. The maximum absolute atomic E-state index is 9.61.